The Morgan fingerprint density at radius 2 is 1.86 bits per heavy atom. The predicted octanol–water partition coefficient (Wildman–Crippen LogP) is 4.08. The quantitative estimate of drug-likeness (QED) is 0.744. The van der Waals surface area contributed by atoms with E-state index in [1.807, 2.05) is 30.3 Å². The maximum absolute atomic E-state index is 11.1. The fourth-order valence-electron chi connectivity index (χ4n) is 2.40. The van der Waals surface area contributed by atoms with Gasteiger partial charge >= 0.3 is 5.97 Å². The van der Waals surface area contributed by atoms with Gasteiger partial charge in [0.1, 0.15) is 0 Å². The van der Waals surface area contributed by atoms with E-state index in [2.05, 4.69) is 12.0 Å². The molecular formula is C17H22N2O2. The molecule has 2 rings (SSSR count). The monoisotopic (exact) mass is 286 g/mol. The summed E-state index contributed by atoms with van der Waals surface area (Å²) in [5.41, 5.74) is 1.99. The van der Waals surface area contributed by atoms with Gasteiger partial charge in [-0.1, -0.05) is 50.8 Å². The standard InChI is InChI=1S/C17H22N2O2/c1-2-3-4-5-7-12-15-13-16(17(20)21)18-19(15)14-10-8-6-9-11-14/h6,8-11,13H,2-5,7,12H2,1H3,(H,20,21). The van der Waals surface area contributed by atoms with Crippen LogP contribution in [0.15, 0.2) is 36.4 Å². The minimum Gasteiger partial charge on any atom is -0.476 e. The summed E-state index contributed by atoms with van der Waals surface area (Å²) in [6.45, 7) is 2.20. The van der Waals surface area contributed by atoms with E-state index in [0.717, 1.165) is 24.2 Å². The summed E-state index contributed by atoms with van der Waals surface area (Å²) in [5, 5.41) is 13.3. The SMILES string of the molecule is CCCCCCCc1cc(C(=O)O)nn1-c1ccccc1. The maximum Gasteiger partial charge on any atom is 0.356 e. The first-order valence-corrected chi connectivity index (χ1v) is 7.60. The molecule has 0 spiro atoms. The first-order valence-electron chi connectivity index (χ1n) is 7.60. The first kappa shape index (κ1) is 15.3. The highest BCUT2D eigenvalue weighted by atomic mass is 16.4. The lowest BCUT2D eigenvalue weighted by atomic mass is 10.1. The van der Waals surface area contributed by atoms with E-state index in [1.54, 1.807) is 10.7 Å². The van der Waals surface area contributed by atoms with E-state index in [1.165, 1.54) is 25.7 Å². The van der Waals surface area contributed by atoms with Gasteiger partial charge < -0.3 is 5.11 Å². The van der Waals surface area contributed by atoms with Crippen LogP contribution in [0.2, 0.25) is 0 Å². The van der Waals surface area contributed by atoms with Crippen LogP contribution in [-0.2, 0) is 6.42 Å². The molecule has 0 fully saturated rings. The molecule has 0 aliphatic carbocycles. The average Bonchev–Trinajstić information content (AvgIpc) is 2.92. The lowest BCUT2D eigenvalue weighted by Crippen LogP contribution is -2.03. The molecule has 0 aliphatic rings. The minimum atomic E-state index is -0.975. The topological polar surface area (TPSA) is 55.1 Å². The third-order valence-corrected chi connectivity index (χ3v) is 3.54. The predicted molar refractivity (Wildman–Crippen MR) is 83.0 cm³/mol. The minimum absolute atomic E-state index is 0.113. The maximum atomic E-state index is 11.1. The number of benzene rings is 1. The Labute approximate surface area is 125 Å². The number of para-hydroxylation sites is 1. The molecule has 1 aromatic heterocycles. The Balaban J connectivity index is 2.13. The molecule has 0 aliphatic heterocycles. The van der Waals surface area contributed by atoms with E-state index < -0.39 is 5.97 Å². The van der Waals surface area contributed by atoms with Gasteiger partial charge in [-0.25, -0.2) is 9.48 Å². The van der Waals surface area contributed by atoms with Crippen LogP contribution in [0.1, 0.15) is 55.2 Å². The van der Waals surface area contributed by atoms with Crippen LogP contribution in [0, 0.1) is 0 Å². The number of aromatic nitrogens is 2. The van der Waals surface area contributed by atoms with Crippen molar-refractivity contribution in [3.05, 3.63) is 47.8 Å². The zero-order chi connectivity index (χ0) is 15.1. The van der Waals surface area contributed by atoms with Crippen LogP contribution in [0.3, 0.4) is 0 Å². The molecule has 4 heteroatoms. The lowest BCUT2D eigenvalue weighted by molar-refractivity contribution is 0.0690. The number of hydrogen-bond acceptors (Lipinski definition) is 2. The van der Waals surface area contributed by atoms with Crippen molar-refractivity contribution in [1.82, 2.24) is 9.78 Å². The second kappa shape index (κ2) is 7.62. The summed E-state index contributed by atoms with van der Waals surface area (Å²) in [7, 11) is 0. The Morgan fingerprint density at radius 1 is 1.14 bits per heavy atom. The van der Waals surface area contributed by atoms with Gasteiger partial charge in [0, 0.05) is 5.69 Å². The molecule has 112 valence electrons. The third kappa shape index (κ3) is 4.18. The summed E-state index contributed by atoms with van der Waals surface area (Å²) >= 11 is 0. The highest BCUT2D eigenvalue weighted by Gasteiger charge is 2.13. The molecule has 21 heavy (non-hydrogen) atoms. The van der Waals surface area contributed by atoms with E-state index in [-0.39, 0.29) is 5.69 Å². The van der Waals surface area contributed by atoms with Gasteiger partial charge in [-0.3, -0.25) is 0 Å². The molecule has 1 aromatic carbocycles. The number of carboxylic acids is 1. The van der Waals surface area contributed by atoms with Crippen LogP contribution >= 0.6 is 0 Å². The van der Waals surface area contributed by atoms with Crippen molar-refractivity contribution in [3.8, 4) is 5.69 Å². The van der Waals surface area contributed by atoms with Gasteiger partial charge in [0.15, 0.2) is 5.69 Å². The van der Waals surface area contributed by atoms with Crippen LogP contribution in [0.25, 0.3) is 5.69 Å². The second-order valence-electron chi connectivity index (χ2n) is 5.24. The van der Waals surface area contributed by atoms with Crippen LogP contribution in [-0.4, -0.2) is 20.9 Å². The van der Waals surface area contributed by atoms with E-state index >= 15 is 0 Å². The van der Waals surface area contributed by atoms with Crippen molar-refractivity contribution in [3.63, 3.8) is 0 Å². The van der Waals surface area contributed by atoms with Crippen LogP contribution in [0.5, 0.6) is 0 Å². The Bertz CT molecular complexity index is 576. The zero-order valence-corrected chi connectivity index (χ0v) is 12.5. The van der Waals surface area contributed by atoms with Crippen molar-refractivity contribution < 1.29 is 9.90 Å². The first-order chi connectivity index (χ1) is 10.2. The largest absolute Gasteiger partial charge is 0.476 e. The van der Waals surface area contributed by atoms with Gasteiger partial charge in [0.05, 0.1) is 5.69 Å². The molecule has 1 N–H and O–H groups in total. The number of hydrogen-bond donors (Lipinski definition) is 1. The number of unbranched alkanes of at least 4 members (excludes halogenated alkanes) is 4. The fraction of sp³-hybridized carbons (Fsp3) is 0.412. The van der Waals surface area contributed by atoms with Gasteiger partial charge in [0.25, 0.3) is 0 Å². The van der Waals surface area contributed by atoms with Crippen LogP contribution in [0.4, 0.5) is 0 Å². The Morgan fingerprint density at radius 3 is 2.52 bits per heavy atom. The molecule has 0 saturated heterocycles. The molecule has 4 nitrogen and oxygen atoms in total. The van der Waals surface area contributed by atoms with Gasteiger partial charge in [-0.15, -0.1) is 0 Å². The number of carboxylic acid groups (broad SMARTS) is 1. The van der Waals surface area contributed by atoms with Crippen molar-refractivity contribution >= 4 is 5.97 Å². The van der Waals surface area contributed by atoms with Gasteiger partial charge in [0.2, 0.25) is 0 Å². The molecular weight excluding hydrogens is 264 g/mol. The molecule has 0 unspecified atom stereocenters. The highest BCUT2D eigenvalue weighted by molar-refractivity contribution is 5.85. The average molecular weight is 286 g/mol. The number of rotatable bonds is 8. The second-order valence-corrected chi connectivity index (χ2v) is 5.24. The Hall–Kier alpha value is -2.10. The van der Waals surface area contributed by atoms with Crippen molar-refractivity contribution in [2.75, 3.05) is 0 Å². The van der Waals surface area contributed by atoms with Gasteiger partial charge in [-0.2, -0.15) is 5.10 Å². The Kier molecular flexibility index (Phi) is 5.55. The molecule has 0 bridgehead atoms. The number of aryl methyl sites for hydroxylation is 1. The molecule has 1 heterocycles. The molecule has 0 amide bonds. The van der Waals surface area contributed by atoms with Crippen molar-refractivity contribution in [2.45, 2.75) is 45.4 Å². The fourth-order valence-corrected chi connectivity index (χ4v) is 2.40. The normalized spacial score (nSPS) is 10.7. The summed E-state index contributed by atoms with van der Waals surface area (Å²) in [5.74, 6) is -0.975. The van der Waals surface area contributed by atoms with Crippen molar-refractivity contribution in [2.24, 2.45) is 0 Å². The third-order valence-electron chi connectivity index (χ3n) is 3.54. The highest BCUT2D eigenvalue weighted by Crippen LogP contribution is 2.16. The smallest absolute Gasteiger partial charge is 0.356 e. The number of aromatic carboxylic acids is 1. The van der Waals surface area contributed by atoms with E-state index in [4.69, 9.17) is 5.11 Å². The molecule has 0 atom stereocenters. The number of nitrogens with zero attached hydrogens (tertiary/aromatic N) is 2. The molecule has 2 aromatic rings. The zero-order valence-electron chi connectivity index (χ0n) is 12.5. The molecule has 0 radical (unpaired) electrons. The number of carbonyl (C=O) groups is 1. The van der Waals surface area contributed by atoms with E-state index in [9.17, 15) is 4.79 Å². The summed E-state index contributed by atoms with van der Waals surface area (Å²) in [4.78, 5) is 11.1. The van der Waals surface area contributed by atoms with Crippen molar-refractivity contribution in [1.29, 1.82) is 0 Å². The van der Waals surface area contributed by atoms with Gasteiger partial charge in [-0.05, 0) is 31.0 Å². The summed E-state index contributed by atoms with van der Waals surface area (Å²) in [6, 6.07) is 11.4. The molecule has 0 saturated carbocycles. The van der Waals surface area contributed by atoms with Crippen LogP contribution < -0.4 is 0 Å². The van der Waals surface area contributed by atoms with E-state index in [0.29, 0.717) is 0 Å². The summed E-state index contributed by atoms with van der Waals surface area (Å²) in [6.07, 6.45) is 6.83. The lowest BCUT2D eigenvalue weighted by Gasteiger charge is -2.07. The summed E-state index contributed by atoms with van der Waals surface area (Å²) < 4.78 is 1.75.